The van der Waals surface area contributed by atoms with Crippen LogP contribution in [0.25, 0.3) is 0 Å². The van der Waals surface area contributed by atoms with E-state index < -0.39 is 23.9 Å². The second-order valence-electron chi connectivity index (χ2n) is 7.26. The summed E-state index contributed by atoms with van der Waals surface area (Å²) in [7, 11) is 0. The van der Waals surface area contributed by atoms with Gasteiger partial charge in [-0.15, -0.1) is 0 Å². The number of fused-ring (bicyclic) bond motifs is 1. The molecule has 8 heteroatoms. The Balaban J connectivity index is 1.80. The molecule has 1 N–H and O–H groups in total. The Morgan fingerprint density at radius 1 is 1.17 bits per heavy atom. The molecule has 2 aromatic carbocycles. The maximum absolute atomic E-state index is 13.4. The number of anilines is 1. The zero-order valence-corrected chi connectivity index (χ0v) is 16.8. The van der Waals surface area contributed by atoms with Crippen molar-refractivity contribution in [2.24, 2.45) is 0 Å². The number of ether oxygens (including phenoxy) is 3. The van der Waals surface area contributed by atoms with Gasteiger partial charge < -0.3 is 19.5 Å². The molecule has 156 valence electrons. The standard InChI is InChI=1S/C22H21FN2O5/c1-12(2)30-21(26)19-13(3)25(16-8-9-17-18(10-16)29-11-28-17)22(27)24-20(19)14-4-6-15(23)7-5-14/h4-10,12,20H,11H2,1-3H3,(H,24,27)/t20-/m1/s1. The van der Waals surface area contributed by atoms with E-state index in [1.54, 1.807) is 39.0 Å². The van der Waals surface area contributed by atoms with Crippen molar-refractivity contribution in [3.05, 3.63) is 65.1 Å². The van der Waals surface area contributed by atoms with Gasteiger partial charge in [-0.05, 0) is 50.6 Å². The van der Waals surface area contributed by atoms with E-state index in [1.165, 1.54) is 29.2 Å². The number of benzene rings is 2. The Bertz CT molecular complexity index is 1030. The van der Waals surface area contributed by atoms with Crippen LogP contribution in [-0.4, -0.2) is 24.9 Å². The van der Waals surface area contributed by atoms with E-state index in [0.29, 0.717) is 28.4 Å². The lowest BCUT2D eigenvalue weighted by atomic mass is 9.94. The maximum Gasteiger partial charge on any atom is 0.338 e. The molecule has 0 aromatic heterocycles. The molecule has 2 heterocycles. The molecule has 0 bridgehead atoms. The number of hydrogen-bond acceptors (Lipinski definition) is 5. The monoisotopic (exact) mass is 412 g/mol. The molecule has 0 aliphatic carbocycles. The van der Waals surface area contributed by atoms with Crippen LogP contribution < -0.4 is 19.7 Å². The smallest absolute Gasteiger partial charge is 0.338 e. The topological polar surface area (TPSA) is 77.1 Å². The normalized spacial score (nSPS) is 18.0. The summed E-state index contributed by atoms with van der Waals surface area (Å²) >= 11 is 0. The Kier molecular flexibility index (Phi) is 5.07. The van der Waals surface area contributed by atoms with Crippen molar-refractivity contribution in [1.29, 1.82) is 0 Å². The molecule has 2 aromatic rings. The molecule has 1 atom stereocenters. The van der Waals surface area contributed by atoms with Crippen LogP contribution in [0.3, 0.4) is 0 Å². The van der Waals surface area contributed by atoms with Crippen molar-refractivity contribution in [1.82, 2.24) is 5.32 Å². The molecule has 30 heavy (non-hydrogen) atoms. The van der Waals surface area contributed by atoms with E-state index >= 15 is 0 Å². The SMILES string of the molecule is CC1=C(C(=O)OC(C)C)[C@@H](c2ccc(F)cc2)NC(=O)N1c1ccc2c(c1)OCO2. The number of allylic oxidation sites excluding steroid dienone is 1. The summed E-state index contributed by atoms with van der Waals surface area (Å²) in [5.74, 6) is 0.138. The van der Waals surface area contributed by atoms with Crippen LogP contribution in [-0.2, 0) is 9.53 Å². The average Bonchev–Trinajstić information content (AvgIpc) is 3.15. The Morgan fingerprint density at radius 3 is 2.57 bits per heavy atom. The molecule has 4 rings (SSSR count). The third-order valence-electron chi connectivity index (χ3n) is 4.87. The highest BCUT2D eigenvalue weighted by Gasteiger charge is 2.38. The van der Waals surface area contributed by atoms with Crippen molar-refractivity contribution < 1.29 is 28.2 Å². The third-order valence-corrected chi connectivity index (χ3v) is 4.87. The van der Waals surface area contributed by atoms with Crippen LogP contribution in [0.1, 0.15) is 32.4 Å². The lowest BCUT2D eigenvalue weighted by Crippen LogP contribution is -2.48. The van der Waals surface area contributed by atoms with Gasteiger partial charge >= 0.3 is 12.0 Å². The molecule has 0 unspecified atom stereocenters. The highest BCUT2D eigenvalue weighted by Crippen LogP contribution is 2.39. The minimum Gasteiger partial charge on any atom is -0.459 e. The Hall–Kier alpha value is -3.55. The molecule has 2 amide bonds. The fourth-order valence-electron chi connectivity index (χ4n) is 3.53. The van der Waals surface area contributed by atoms with Crippen LogP contribution in [0.15, 0.2) is 53.7 Å². The first kappa shape index (κ1) is 19.8. The number of rotatable bonds is 4. The lowest BCUT2D eigenvalue weighted by molar-refractivity contribution is -0.143. The number of carbonyl (C=O) groups is 2. The van der Waals surface area contributed by atoms with E-state index in [9.17, 15) is 14.0 Å². The highest BCUT2D eigenvalue weighted by atomic mass is 19.1. The van der Waals surface area contributed by atoms with Gasteiger partial charge in [0.15, 0.2) is 11.5 Å². The summed E-state index contributed by atoms with van der Waals surface area (Å²) in [5.41, 5.74) is 1.77. The van der Waals surface area contributed by atoms with Crippen molar-refractivity contribution in [3.63, 3.8) is 0 Å². The number of nitrogens with one attached hydrogen (secondary N) is 1. The second-order valence-corrected chi connectivity index (χ2v) is 7.26. The first-order valence-corrected chi connectivity index (χ1v) is 9.52. The van der Waals surface area contributed by atoms with Gasteiger partial charge in [0.1, 0.15) is 5.82 Å². The first-order chi connectivity index (χ1) is 14.3. The lowest BCUT2D eigenvalue weighted by Gasteiger charge is -2.35. The van der Waals surface area contributed by atoms with Gasteiger partial charge in [-0.3, -0.25) is 4.90 Å². The van der Waals surface area contributed by atoms with E-state index in [0.717, 1.165) is 0 Å². The van der Waals surface area contributed by atoms with Gasteiger partial charge in [0.05, 0.1) is 23.4 Å². The van der Waals surface area contributed by atoms with E-state index in [-0.39, 0.29) is 18.5 Å². The Morgan fingerprint density at radius 2 is 1.87 bits per heavy atom. The van der Waals surface area contributed by atoms with Gasteiger partial charge in [0, 0.05) is 11.8 Å². The van der Waals surface area contributed by atoms with Crippen LogP contribution in [0.2, 0.25) is 0 Å². The van der Waals surface area contributed by atoms with Crippen molar-refractivity contribution in [3.8, 4) is 11.5 Å². The predicted octanol–water partition coefficient (Wildman–Crippen LogP) is 4.05. The zero-order valence-electron chi connectivity index (χ0n) is 16.8. The van der Waals surface area contributed by atoms with Crippen LogP contribution in [0, 0.1) is 5.82 Å². The number of nitrogens with zero attached hydrogens (tertiary/aromatic N) is 1. The summed E-state index contributed by atoms with van der Waals surface area (Å²) in [5, 5.41) is 2.84. The molecule has 0 saturated carbocycles. The second kappa shape index (κ2) is 7.70. The number of carbonyl (C=O) groups excluding carboxylic acids is 2. The van der Waals surface area contributed by atoms with Crippen LogP contribution in [0.4, 0.5) is 14.9 Å². The summed E-state index contributed by atoms with van der Waals surface area (Å²) in [6, 6.07) is 9.53. The van der Waals surface area contributed by atoms with E-state index in [2.05, 4.69) is 5.32 Å². The molecule has 7 nitrogen and oxygen atoms in total. The third kappa shape index (κ3) is 3.56. The summed E-state index contributed by atoms with van der Waals surface area (Å²) in [6.07, 6.45) is -0.344. The summed E-state index contributed by atoms with van der Waals surface area (Å²) < 4.78 is 29.6. The van der Waals surface area contributed by atoms with Crippen molar-refractivity contribution in [2.75, 3.05) is 11.7 Å². The molecule has 2 aliphatic rings. The van der Waals surface area contributed by atoms with Crippen LogP contribution >= 0.6 is 0 Å². The number of esters is 1. The van der Waals surface area contributed by atoms with Crippen molar-refractivity contribution in [2.45, 2.75) is 32.9 Å². The fraction of sp³-hybridized carbons (Fsp3) is 0.273. The Labute approximate surface area is 173 Å². The zero-order chi connectivity index (χ0) is 21.4. The van der Waals surface area contributed by atoms with E-state index in [4.69, 9.17) is 14.2 Å². The highest BCUT2D eigenvalue weighted by molar-refractivity contribution is 6.03. The van der Waals surface area contributed by atoms with Gasteiger partial charge in [0.25, 0.3) is 0 Å². The number of amides is 2. The minimum absolute atomic E-state index is 0.110. The first-order valence-electron chi connectivity index (χ1n) is 9.52. The van der Waals surface area contributed by atoms with Gasteiger partial charge in [-0.25, -0.2) is 14.0 Å². The number of urea groups is 1. The largest absolute Gasteiger partial charge is 0.459 e. The fourth-order valence-corrected chi connectivity index (χ4v) is 3.53. The van der Waals surface area contributed by atoms with E-state index in [1.807, 2.05) is 0 Å². The molecular weight excluding hydrogens is 391 g/mol. The average molecular weight is 412 g/mol. The van der Waals surface area contributed by atoms with Gasteiger partial charge in [-0.1, -0.05) is 12.1 Å². The molecule has 0 fully saturated rings. The quantitative estimate of drug-likeness (QED) is 0.767. The minimum atomic E-state index is -0.769. The summed E-state index contributed by atoms with van der Waals surface area (Å²) in [6.45, 7) is 5.28. The number of halogens is 1. The van der Waals surface area contributed by atoms with Gasteiger partial charge in [0.2, 0.25) is 6.79 Å². The number of hydrogen-bond donors (Lipinski definition) is 1. The molecule has 0 spiro atoms. The van der Waals surface area contributed by atoms with Gasteiger partial charge in [-0.2, -0.15) is 0 Å². The maximum atomic E-state index is 13.4. The molecular formula is C22H21FN2O5. The molecule has 2 aliphatic heterocycles. The van der Waals surface area contributed by atoms with Crippen molar-refractivity contribution >= 4 is 17.7 Å². The predicted molar refractivity (Wildman–Crippen MR) is 107 cm³/mol. The summed E-state index contributed by atoms with van der Waals surface area (Å²) in [4.78, 5) is 27.4. The van der Waals surface area contributed by atoms with Crippen LogP contribution in [0.5, 0.6) is 11.5 Å². The molecule has 0 radical (unpaired) electrons. The molecule has 0 saturated heterocycles.